The van der Waals surface area contributed by atoms with Crippen molar-refractivity contribution in [2.24, 2.45) is 0 Å². The summed E-state index contributed by atoms with van der Waals surface area (Å²) < 4.78 is 49.4. The standard InChI is InChI=1S/C9H15N3O5S2/c13-5-7-4-10-11-9(7)19(16,17)12-8-2-1-3-18(14,15)6-8/h4,8,12-13H,1-3,5-6H2,(H,10,11). The Morgan fingerprint density at radius 3 is 2.89 bits per heavy atom. The summed E-state index contributed by atoms with van der Waals surface area (Å²) in [6.45, 7) is -0.463. The van der Waals surface area contributed by atoms with Gasteiger partial charge in [-0.05, 0) is 12.8 Å². The van der Waals surface area contributed by atoms with Gasteiger partial charge in [0.15, 0.2) is 14.9 Å². The molecule has 1 atom stereocenters. The molecule has 0 aliphatic carbocycles. The van der Waals surface area contributed by atoms with Crippen LogP contribution in [0.1, 0.15) is 18.4 Å². The molecule has 0 radical (unpaired) electrons. The predicted molar refractivity (Wildman–Crippen MR) is 66.5 cm³/mol. The number of aliphatic hydroxyl groups is 1. The Labute approximate surface area is 111 Å². The Balaban J connectivity index is 2.18. The van der Waals surface area contributed by atoms with Gasteiger partial charge in [0, 0.05) is 11.6 Å². The molecule has 1 fully saturated rings. The molecule has 8 nitrogen and oxygen atoms in total. The van der Waals surface area contributed by atoms with Crippen molar-refractivity contribution in [1.29, 1.82) is 0 Å². The summed E-state index contributed by atoms with van der Waals surface area (Å²) in [6, 6.07) is -0.640. The molecule has 0 aromatic carbocycles. The van der Waals surface area contributed by atoms with E-state index in [4.69, 9.17) is 5.11 Å². The molecule has 1 aliphatic heterocycles. The summed E-state index contributed by atoms with van der Waals surface area (Å²) in [5, 5.41) is 14.6. The van der Waals surface area contributed by atoms with E-state index in [-0.39, 0.29) is 22.1 Å². The van der Waals surface area contributed by atoms with Crippen molar-refractivity contribution in [3.05, 3.63) is 11.8 Å². The van der Waals surface area contributed by atoms with Crippen LogP contribution in [0.3, 0.4) is 0 Å². The maximum absolute atomic E-state index is 12.1. The van der Waals surface area contributed by atoms with Gasteiger partial charge in [-0.25, -0.2) is 21.6 Å². The normalized spacial score (nSPS) is 23.3. The number of hydrogen-bond donors (Lipinski definition) is 3. The molecule has 0 spiro atoms. The van der Waals surface area contributed by atoms with Crippen LogP contribution in [0, 0.1) is 0 Å². The summed E-state index contributed by atoms with van der Waals surface area (Å²) in [5.41, 5.74) is 0.145. The van der Waals surface area contributed by atoms with E-state index in [1.54, 1.807) is 0 Å². The third kappa shape index (κ3) is 3.32. The molecule has 1 saturated heterocycles. The maximum atomic E-state index is 12.1. The number of nitrogens with one attached hydrogen (secondary N) is 2. The van der Waals surface area contributed by atoms with E-state index in [9.17, 15) is 16.8 Å². The van der Waals surface area contributed by atoms with Gasteiger partial charge in [0.05, 0.1) is 24.3 Å². The fourth-order valence-corrected chi connectivity index (χ4v) is 5.17. The Kier molecular flexibility index (Phi) is 3.95. The van der Waals surface area contributed by atoms with E-state index >= 15 is 0 Å². The molecule has 19 heavy (non-hydrogen) atoms. The highest BCUT2D eigenvalue weighted by atomic mass is 32.2. The van der Waals surface area contributed by atoms with E-state index in [1.165, 1.54) is 6.20 Å². The highest BCUT2D eigenvalue weighted by Crippen LogP contribution is 2.17. The number of aromatic amines is 1. The molecular formula is C9H15N3O5S2. The van der Waals surface area contributed by atoms with Crippen molar-refractivity contribution in [2.45, 2.75) is 30.5 Å². The zero-order valence-electron chi connectivity index (χ0n) is 10.0. The largest absolute Gasteiger partial charge is 0.392 e. The van der Waals surface area contributed by atoms with Gasteiger partial charge in [-0.2, -0.15) is 5.10 Å². The van der Waals surface area contributed by atoms with Gasteiger partial charge < -0.3 is 5.11 Å². The lowest BCUT2D eigenvalue weighted by atomic mass is 10.2. The first-order valence-corrected chi connectivity index (χ1v) is 9.00. The molecule has 2 rings (SSSR count). The molecule has 2 heterocycles. The van der Waals surface area contributed by atoms with Crippen LogP contribution in [0.15, 0.2) is 11.2 Å². The third-order valence-electron chi connectivity index (χ3n) is 2.90. The predicted octanol–water partition coefficient (Wildman–Crippen LogP) is -1.24. The average Bonchev–Trinajstić information content (AvgIpc) is 2.75. The monoisotopic (exact) mass is 309 g/mol. The first kappa shape index (κ1) is 14.4. The minimum Gasteiger partial charge on any atom is -0.392 e. The van der Waals surface area contributed by atoms with Crippen LogP contribution in [0.5, 0.6) is 0 Å². The average molecular weight is 309 g/mol. The van der Waals surface area contributed by atoms with E-state index in [1.807, 2.05) is 0 Å². The second-order valence-corrected chi connectivity index (χ2v) is 8.34. The van der Waals surface area contributed by atoms with Gasteiger partial charge in [-0.15, -0.1) is 0 Å². The quantitative estimate of drug-likeness (QED) is 0.638. The van der Waals surface area contributed by atoms with Crippen molar-refractivity contribution in [3.8, 4) is 0 Å². The molecule has 0 bridgehead atoms. The van der Waals surface area contributed by atoms with E-state index < -0.39 is 32.5 Å². The van der Waals surface area contributed by atoms with E-state index in [2.05, 4.69) is 14.9 Å². The number of hydrogen-bond acceptors (Lipinski definition) is 6. The second-order valence-electron chi connectivity index (χ2n) is 4.46. The molecule has 1 aromatic rings. The van der Waals surface area contributed by atoms with Crippen LogP contribution in [-0.4, -0.2) is 49.7 Å². The molecule has 3 N–H and O–H groups in total. The lowest BCUT2D eigenvalue weighted by molar-refractivity contribution is 0.278. The Bertz CT molecular complexity index is 649. The molecule has 1 aromatic heterocycles. The van der Waals surface area contributed by atoms with Gasteiger partial charge in [-0.1, -0.05) is 0 Å². The van der Waals surface area contributed by atoms with Crippen molar-refractivity contribution in [1.82, 2.24) is 14.9 Å². The molecule has 1 unspecified atom stereocenters. The van der Waals surface area contributed by atoms with Crippen molar-refractivity contribution < 1.29 is 21.9 Å². The lowest BCUT2D eigenvalue weighted by Gasteiger charge is -2.22. The van der Waals surface area contributed by atoms with Gasteiger partial charge in [0.1, 0.15) is 0 Å². The Morgan fingerprint density at radius 2 is 2.26 bits per heavy atom. The van der Waals surface area contributed by atoms with Crippen LogP contribution in [0.4, 0.5) is 0 Å². The van der Waals surface area contributed by atoms with E-state index in [0.29, 0.717) is 12.8 Å². The van der Waals surface area contributed by atoms with Crippen molar-refractivity contribution >= 4 is 19.9 Å². The number of aliphatic hydroxyl groups excluding tert-OH is 1. The third-order valence-corrected chi connectivity index (χ3v) is 6.26. The lowest BCUT2D eigenvalue weighted by Crippen LogP contribution is -2.43. The fourth-order valence-electron chi connectivity index (χ4n) is 2.04. The van der Waals surface area contributed by atoms with Crippen LogP contribution >= 0.6 is 0 Å². The molecule has 0 saturated carbocycles. The summed E-state index contributed by atoms with van der Waals surface area (Å²) in [6.07, 6.45) is 2.12. The highest BCUT2D eigenvalue weighted by molar-refractivity contribution is 7.91. The SMILES string of the molecule is O=S1(=O)CCCC(NS(=O)(=O)c2[nH]ncc2CO)C1. The van der Waals surface area contributed by atoms with Crippen molar-refractivity contribution in [2.75, 3.05) is 11.5 Å². The first-order chi connectivity index (χ1) is 8.84. The second kappa shape index (κ2) is 5.19. The molecule has 1 aliphatic rings. The number of H-pyrrole nitrogens is 1. The number of nitrogens with zero attached hydrogens (tertiary/aromatic N) is 1. The van der Waals surface area contributed by atoms with Crippen LogP contribution in [-0.2, 0) is 26.5 Å². The fraction of sp³-hybridized carbons (Fsp3) is 0.667. The Hall–Kier alpha value is -0.970. The number of sulfone groups is 1. The number of aromatic nitrogens is 2. The van der Waals surface area contributed by atoms with Crippen LogP contribution < -0.4 is 4.72 Å². The smallest absolute Gasteiger partial charge is 0.258 e. The minimum atomic E-state index is -3.90. The van der Waals surface area contributed by atoms with Gasteiger partial charge in [0.2, 0.25) is 0 Å². The van der Waals surface area contributed by atoms with Gasteiger partial charge in [0.25, 0.3) is 10.0 Å². The first-order valence-electron chi connectivity index (χ1n) is 5.70. The molecule has 0 amide bonds. The summed E-state index contributed by atoms with van der Waals surface area (Å²) in [7, 11) is -7.09. The number of sulfonamides is 1. The summed E-state index contributed by atoms with van der Waals surface area (Å²) in [4.78, 5) is 0. The number of rotatable bonds is 4. The topological polar surface area (TPSA) is 129 Å². The zero-order chi connectivity index (χ0) is 14.1. The van der Waals surface area contributed by atoms with Gasteiger partial charge >= 0.3 is 0 Å². The summed E-state index contributed by atoms with van der Waals surface area (Å²) >= 11 is 0. The van der Waals surface area contributed by atoms with Crippen LogP contribution in [0.2, 0.25) is 0 Å². The maximum Gasteiger partial charge on any atom is 0.258 e. The molecule has 108 valence electrons. The van der Waals surface area contributed by atoms with Crippen molar-refractivity contribution in [3.63, 3.8) is 0 Å². The zero-order valence-corrected chi connectivity index (χ0v) is 11.7. The van der Waals surface area contributed by atoms with E-state index in [0.717, 1.165) is 0 Å². The minimum absolute atomic E-state index is 0.0944. The Morgan fingerprint density at radius 1 is 1.53 bits per heavy atom. The molecule has 10 heteroatoms. The molecular weight excluding hydrogens is 294 g/mol. The van der Waals surface area contributed by atoms with Crippen LogP contribution in [0.25, 0.3) is 0 Å². The van der Waals surface area contributed by atoms with Gasteiger partial charge in [-0.3, -0.25) is 5.10 Å². The summed E-state index contributed by atoms with van der Waals surface area (Å²) in [5.74, 6) is -0.105. The highest BCUT2D eigenvalue weighted by Gasteiger charge is 2.30.